The van der Waals surface area contributed by atoms with Crippen molar-refractivity contribution < 1.29 is 4.74 Å². The van der Waals surface area contributed by atoms with Gasteiger partial charge in [0.15, 0.2) is 11.4 Å². The summed E-state index contributed by atoms with van der Waals surface area (Å²) in [5.41, 5.74) is 2.09. The van der Waals surface area contributed by atoms with Gasteiger partial charge < -0.3 is 9.14 Å². The van der Waals surface area contributed by atoms with Gasteiger partial charge in [-0.2, -0.15) is 0 Å². The largest absolute Gasteiger partial charge is 0.461 e. The van der Waals surface area contributed by atoms with Gasteiger partial charge in [-0.25, -0.2) is 4.98 Å². The molecule has 3 heterocycles. The molecule has 3 heteroatoms. The van der Waals surface area contributed by atoms with Crippen LogP contribution >= 0.6 is 0 Å². The molecule has 0 atom stereocenters. The second kappa shape index (κ2) is 2.36. The molecule has 0 fully saturated rings. The molecule has 0 radical (unpaired) electrons. The highest BCUT2D eigenvalue weighted by Crippen LogP contribution is 2.27. The number of pyridine rings is 1. The first-order chi connectivity index (χ1) is 6.45. The van der Waals surface area contributed by atoms with E-state index in [0.29, 0.717) is 0 Å². The van der Waals surface area contributed by atoms with Crippen LogP contribution in [0.25, 0.3) is 5.65 Å². The molecular weight excluding hydrogens is 164 g/mol. The first kappa shape index (κ1) is 6.71. The molecule has 0 saturated heterocycles. The fourth-order valence-electron chi connectivity index (χ4n) is 1.58. The lowest BCUT2D eigenvalue weighted by molar-refractivity contribution is 0.466. The van der Waals surface area contributed by atoms with E-state index < -0.39 is 0 Å². The lowest BCUT2D eigenvalue weighted by Gasteiger charge is -2.11. The van der Waals surface area contributed by atoms with Crippen LogP contribution in [-0.2, 0) is 6.42 Å². The van der Waals surface area contributed by atoms with Crippen LogP contribution < -0.4 is 4.74 Å². The smallest absolute Gasteiger partial charge is 0.180 e. The minimum Gasteiger partial charge on any atom is -0.461 e. The zero-order valence-electron chi connectivity index (χ0n) is 6.97. The Hall–Kier alpha value is -1.77. The Kier molecular flexibility index (Phi) is 1.22. The Labute approximate surface area is 75.3 Å². The van der Waals surface area contributed by atoms with Crippen LogP contribution in [0.3, 0.4) is 0 Å². The normalized spacial score (nSPS) is 14.2. The third-order valence-electron chi connectivity index (χ3n) is 2.22. The summed E-state index contributed by atoms with van der Waals surface area (Å²) in [6.45, 7) is 0. The van der Waals surface area contributed by atoms with Gasteiger partial charge in [0.05, 0.1) is 6.26 Å². The predicted octanol–water partition coefficient (Wildman–Crippen LogP) is 1.78. The highest BCUT2D eigenvalue weighted by Gasteiger charge is 2.11. The molecule has 0 unspecified atom stereocenters. The Morgan fingerprint density at radius 2 is 2.38 bits per heavy atom. The average Bonchev–Trinajstić information content (AvgIpc) is 2.65. The first-order valence-electron chi connectivity index (χ1n) is 4.21. The number of hydrogen-bond donors (Lipinski definition) is 0. The third-order valence-corrected chi connectivity index (χ3v) is 2.22. The Morgan fingerprint density at radius 3 is 3.38 bits per heavy atom. The summed E-state index contributed by atoms with van der Waals surface area (Å²) < 4.78 is 7.39. The van der Waals surface area contributed by atoms with Crippen molar-refractivity contribution in [2.75, 3.05) is 0 Å². The molecule has 64 valence electrons. The number of rotatable bonds is 0. The van der Waals surface area contributed by atoms with E-state index in [1.807, 2.05) is 22.9 Å². The van der Waals surface area contributed by atoms with Crippen molar-refractivity contribution in [1.82, 2.24) is 9.38 Å². The van der Waals surface area contributed by atoms with Gasteiger partial charge in [-0.15, -0.1) is 0 Å². The molecule has 2 aromatic heterocycles. The zero-order chi connectivity index (χ0) is 8.67. The molecule has 2 aromatic rings. The van der Waals surface area contributed by atoms with Crippen molar-refractivity contribution in [3.63, 3.8) is 0 Å². The summed E-state index contributed by atoms with van der Waals surface area (Å²) in [7, 11) is 0. The molecule has 1 aliphatic heterocycles. The average molecular weight is 172 g/mol. The summed E-state index contributed by atoms with van der Waals surface area (Å²) in [4.78, 5) is 4.24. The van der Waals surface area contributed by atoms with Gasteiger partial charge in [-0.05, 0) is 18.6 Å². The van der Waals surface area contributed by atoms with Crippen molar-refractivity contribution in [2.45, 2.75) is 6.42 Å². The highest BCUT2D eigenvalue weighted by atomic mass is 16.5. The number of imidazole rings is 1. The quantitative estimate of drug-likeness (QED) is 0.605. The van der Waals surface area contributed by atoms with E-state index in [1.165, 1.54) is 5.56 Å². The highest BCUT2D eigenvalue weighted by molar-refractivity contribution is 5.59. The minimum atomic E-state index is 0.884. The van der Waals surface area contributed by atoms with Gasteiger partial charge in [0.25, 0.3) is 0 Å². The zero-order valence-corrected chi connectivity index (χ0v) is 6.97. The summed E-state index contributed by atoms with van der Waals surface area (Å²) in [5.74, 6) is 0.884. The van der Waals surface area contributed by atoms with Gasteiger partial charge in [0.2, 0.25) is 0 Å². The topological polar surface area (TPSA) is 26.5 Å². The van der Waals surface area contributed by atoms with Crippen molar-refractivity contribution in [1.29, 1.82) is 0 Å². The maximum Gasteiger partial charge on any atom is 0.180 e. The summed E-state index contributed by atoms with van der Waals surface area (Å²) in [6.07, 6.45) is 10.3. The van der Waals surface area contributed by atoms with Gasteiger partial charge >= 0.3 is 0 Å². The summed E-state index contributed by atoms with van der Waals surface area (Å²) in [6, 6.07) is 2.06. The molecular formula is C10H8N2O. The predicted molar refractivity (Wildman–Crippen MR) is 48.7 cm³/mol. The molecule has 0 aliphatic carbocycles. The maximum absolute atomic E-state index is 5.43. The number of fused-ring (bicyclic) bond motifs is 3. The second-order valence-corrected chi connectivity index (χ2v) is 3.02. The molecule has 0 amide bonds. The van der Waals surface area contributed by atoms with Crippen LogP contribution in [0.1, 0.15) is 5.56 Å². The second-order valence-electron chi connectivity index (χ2n) is 3.02. The van der Waals surface area contributed by atoms with E-state index in [9.17, 15) is 0 Å². The van der Waals surface area contributed by atoms with Gasteiger partial charge in [0.1, 0.15) is 0 Å². The van der Waals surface area contributed by atoms with Crippen LogP contribution in [-0.4, -0.2) is 9.38 Å². The maximum atomic E-state index is 5.43. The first-order valence-corrected chi connectivity index (χ1v) is 4.21. The van der Waals surface area contributed by atoms with E-state index in [0.717, 1.165) is 17.8 Å². The summed E-state index contributed by atoms with van der Waals surface area (Å²) >= 11 is 0. The van der Waals surface area contributed by atoms with E-state index >= 15 is 0 Å². The Bertz CT molecular complexity index is 485. The van der Waals surface area contributed by atoms with E-state index in [1.54, 1.807) is 12.5 Å². The van der Waals surface area contributed by atoms with Gasteiger partial charge in [0, 0.05) is 24.2 Å². The molecule has 0 saturated carbocycles. The van der Waals surface area contributed by atoms with Crippen molar-refractivity contribution >= 4 is 5.65 Å². The van der Waals surface area contributed by atoms with Crippen molar-refractivity contribution in [3.8, 4) is 5.75 Å². The third kappa shape index (κ3) is 0.869. The minimum absolute atomic E-state index is 0.884. The Morgan fingerprint density at radius 1 is 1.38 bits per heavy atom. The van der Waals surface area contributed by atoms with Crippen LogP contribution in [0.2, 0.25) is 0 Å². The molecule has 3 nitrogen and oxygen atoms in total. The van der Waals surface area contributed by atoms with E-state index in [4.69, 9.17) is 4.74 Å². The molecule has 0 aromatic carbocycles. The number of allylic oxidation sites excluding steroid dienone is 1. The number of ether oxygens (including phenoxy) is 1. The fourth-order valence-corrected chi connectivity index (χ4v) is 1.58. The summed E-state index contributed by atoms with van der Waals surface area (Å²) in [5, 5.41) is 0. The van der Waals surface area contributed by atoms with E-state index in [-0.39, 0.29) is 0 Å². The lowest BCUT2D eigenvalue weighted by Crippen LogP contribution is -1.99. The molecule has 1 aliphatic rings. The molecule has 0 N–H and O–H groups in total. The van der Waals surface area contributed by atoms with Gasteiger partial charge in [-0.3, -0.25) is 0 Å². The lowest BCUT2D eigenvalue weighted by atomic mass is 10.1. The van der Waals surface area contributed by atoms with Crippen LogP contribution in [0.4, 0.5) is 0 Å². The Balaban J connectivity index is 2.38. The molecule has 3 rings (SSSR count). The number of hydrogen-bond acceptors (Lipinski definition) is 2. The molecule has 13 heavy (non-hydrogen) atoms. The number of aromatic nitrogens is 2. The van der Waals surface area contributed by atoms with Crippen molar-refractivity contribution in [2.24, 2.45) is 0 Å². The van der Waals surface area contributed by atoms with Crippen LogP contribution in [0.15, 0.2) is 37.0 Å². The molecule has 0 bridgehead atoms. The van der Waals surface area contributed by atoms with Gasteiger partial charge in [-0.1, -0.05) is 0 Å². The standard InChI is InChI=1S/C10H8N2O/c1-2-8-3-5-12-6-4-11-10(12)9(8)13-7-1/h1,3-7H,2H2. The number of nitrogens with zero attached hydrogens (tertiary/aromatic N) is 2. The van der Waals surface area contributed by atoms with E-state index in [2.05, 4.69) is 11.1 Å². The fraction of sp³-hybridized carbons (Fsp3) is 0.100. The SMILES string of the molecule is C1=COc2c(ccn3ccnc23)C1. The monoisotopic (exact) mass is 172 g/mol. The van der Waals surface area contributed by atoms with Crippen molar-refractivity contribution in [3.05, 3.63) is 42.6 Å². The molecule has 0 spiro atoms. The van der Waals surface area contributed by atoms with Crippen LogP contribution in [0.5, 0.6) is 5.75 Å². The van der Waals surface area contributed by atoms with Crippen LogP contribution in [0, 0.1) is 0 Å².